The number of carbonyl (C=O) groups is 1. The van der Waals surface area contributed by atoms with E-state index in [-0.39, 0.29) is 11.2 Å². The highest BCUT2D eigenvalue weighted by molar-refractivity contribution is 5.99. The Labute approximate surface area is 89.2 Å². The van der Waals surface area contributed by atoms with E-state index < -0.39 is 0 Å². The van der Waals surface area contributed by atoms with Crippen LogP contribution >= 0.6 is 0 Å². The van der Waals surface area contributed by atoms with Crippen molar-refractivity contribution in [2.45, 2.75) is 33.1 Å². The van der Waals surface area contributed by atoms with E-state index in [0.29, 0.717) is 19.4 Å². The van der Waals surface area contributed by atoms with Crippen LogP contribution in [0.2, 0.25) is 0 Å². The Balaban J connectivity index is 2.39. The molecule has 0 saturated heterocycles. The number of H-pyrrole nitrogens is 1. The minimum absolute atomic E-state index is 0.0522. The number of carbonyl (C=O) groups excluding carboxylic acids is 1. The second-order valence-corrected chi connectivity index (χ2v) is 5.00. The second kappa shape index (κ2) is 3.45. The van der Waals surface area contributed by atoms with E-state index in [9.17, 15) is 4.79 Å². The Morgan fingerprint density at radius 2 is 2.20 bits per heavy atom. The third-order valence-electron chi connectivity index (χ3n) is 2.87. The van der Waals surface area contributed by atoms with E-state index in [0.717, 1.165) is 23.4 Å². The Kier molecular flexibility index (Phi) is 2.38. The van der Waals surface area contributed by atoms with Gasteiger partial charge in [-0.25, -0.2) is 0 Å². The van der Waals surface area contributed by atoms with Gasteiger partial charge in [0, 0.05) is 18.5 Å². The Morgan fingerprint density at radius 1 is 1.47 bits per heavy atom. The van der Waals surface area contributed by atoms with Crippen LogP contribution < -0.4 is 5.73 Å². The number of hydrogen-bond acceptors (Lipinski definition) is 3. The van der Waals surface area contributed by atoms with E-state index in [1.165, 1.54) is 0 Å². The van der Waals surface area contributed by atoms with Gasteiger partial charge < -0.3 is 5.73 Å². The van der Waals surface area contributed by atoms with Crippen LogP contribution in [0.15, 0.2) is 0 Å². The average molecular weight is 207 g/mol. The first-order valence-electron chi connectivity index (χ1n) is 5.33. The van der Waals surface area contributed by atoms with Crippen molar-refractivity contribution in [3.63, 3.8) is 0 Å². The monoisotopic (exact) mass is 207 g/mol. The lowest BCUT2D eigenvalue weighted by atomic mass is 9.75. The van der Waals surface area contributed by atoms with Gasteiger partial charge in [-0.1, -0.05) is 13.8 Å². The molecule has 3 N–H and O–H groups in total. The van der Waals surface area contributed by atoms with Gasteiger partial charge >= 0.3 is 0 Å². The number of rotatable bonds is 2. The first kappa shape index (κ1) is 10.4. The van der Waals surface area contributed by atoms with E-state index in [1.54, 1.807) is 0 Å². The first-order valence-corrected chi connectivity index (χ1v) is 5.33. The fourth-order valence-electron chi connectivity index (χ4n) is 2.26. The molecule has 1 aliphatic rings. The molecule has 15 heavy (non-hydrogen) atoms. The number of Topliss-reactive ketones (excluding diaryl/α,β-unsaturated/α-hetero) is 1. The molecule has 82 valence electrons. The molecule has 0 spiro atoms. The summed E-state index contributed by atoms with van der Waals surface area (Å²) in [5, 5.41) is 7.15. The molecule has 0 aliphatic heterocycles. The minimum atomic E-state index is 0.0522. The zero-order valence-electron chi connectivity index (χ0n) is 9.26. The van der Waals surface area contributed by atoms with Crippen LogP contribution in [0.4, 0.5) is 0 Å². The summed E-state index contributed by atoms with van der Waals surface area (Å²) in [6, 6.07) is 0. The summed E-state index contributed by atoms with van der Waals surface area (Å²) in [5.41, 5.74) is 8.17. The van der Waals surface area contributed by atoms with E-state index in [4.69, 9.17) is 5.73 Å². The van der Waals surface area contributed by atoms with E-state index >= 15 is 0 Å². The fourth-order valence-corrected chi connectivity index (χ4v) is 2.26. The SMILES string of the molecule is CC1(C)CC(=O)c2c(CCN)n[nH]c2C1. The van der Waals surface area contributed by atoms with Crippen molar-refractivity contribution in [3.05, 3.63) is 17.0 Å². The van der Waals surface area contributed by atoms with Gasteiger partial charge in [0.25, 0.3) is 0 Å². The molecule has 4 nitrogen and oxygen atoms in total. The maximum Gasteiger partial charge on any atom is 0.167 e. The lowest BCUT2D eigenvalue weighted by Crippen LogP contribution is -2.27. The number of aromatic amines is 1. The molecule has 0 atom stereocenters. The van der Waals surface area contributed by atoms with Gasteiger partial charge in [0.1, 0.15) is 0 Å². The summed E-state index contributed by atoms with van der Waals surface area (Å²) in [6.45, 7) is 4.75. The van der Waals surface area contributed by atoms with Crippen LogP contribution in [0.5, 0.6) is 0 Å². The predicted molar refractivity (Wildman–Crippen MR) is 57.8 cm³/mol. The van der Waals surface area contributed by atoms with Crippen molar-refractivity contribution in [1.29, 1.82) is 0 Å². The lowest BCUT2D eigenvalue weighted by molar-refractivity contribution is 0.0911. The highest BCUT2D eigenvalue weighted by atomic mass is 16.1. The second-order valence-electron chi connectivity index (χ2n) is 5.00. The maximum atomic E-state index is 12.0. The van der Waals surface area contributed by atoms with Crippen LogP contribution in [-0.2, 0) is 12.8 Å². The highest BCUT2D eigenvalue weighted by Crippen LogP contribution is 2.34. The topological polar surface area (TPSA) is 71.8 Å². The van der Waals surface area contributed by atoms with Crippen LogP contribution in [0.3, 0.4) is 0 Å². The van der Waals surface area contributed by atoms with Crippen molar-refractivity contribution in [1.82, 2.24) is 10.2 Å². The molecule has 1 aromatic heterocycles. The molecule has 0 unspecified atom stereocenters. The molecule has 0 aromatic carbocycles. The van der Waals surface area contributed by atoms with Crippen molar-refractivity contribution in [3.8, 4) is 0 Å². The smallest absolute Gasteiger partial charge is 0.167 e. The summed E-state index contributed by atoms with van der Waals surface area (Å²) in [6.07, 6.45) is 2.18. The molecule has 1 aliphatic carbocycles. The number of nitrogens with two attached hydrogens (primary N) is 1. The van der Waals surface area contributed by atoms with Gasteiger partial charge in [-0.15, -0.1) is 0 Å². The summed E-state index contributed by atoms with van der Waals surface area (Å²) in [4.78, 5) is 12.0. The summed E-state index contributed by atoms with van der Waals surface area (Å²) in [7, 11) is 0. The number of nitrogens with zero attached hydrogens (tertiary/aromatic N) is 1. The molecule has 2 rings (SSSR count). The average Bonchev–Trinajstić information content (AvgIpc) is 2.46. The van der Waals surface area contributed by atoms with Gasteiger partial charge in [0.2, 0.25) is 0 Å². The van der Waals surface area contributed by atoms with Crippen LogP contribution in [-0.4, -0.2) is 22.5 Å². The van der Waals surface area contributed by atoms with Crippen LogP contribution in [0.25, 0.3) is 0 Å². The fraction of sp³-hybridized carbons (Fsp3) is 0.636. The molecule has 0 bridgehead atoms. The van der Waals surface area contributed by atoms with E-state index in [1.807, 2.05) is 0 Å². The van der Waals surface area contributed by atoms with Crippen molar-refractivity contribution < 1.29 is 4.79 Å². The Bertz CT molecular complexity index is 393. The van der Waals surface area contributed by atoms with Gasteiger partial charge in [-0.05, 0) is 18.4 Å². The molecule has 4 heteroatoms. The molecular weight excluding hydrogens is 190 g/mol. The molecule has 1 heterocycles. The van der Waals surface area contributed by atoms with Gasteiger partial charge in [0.05, 0.1) is 11.3 Å². The zero-order valence-corrected chi connectivity index (χ0v) is 9.26. The number of nitrogens with one attached hydrogen (secondary N) is 1. The van der Waals surface area contributed by atoms with E-state index in [2.05, 4.69) is 24.0 Å². The molecule has 1 aromatic rings. The molecule has 0 radical (unpaired) electrons. The molecule has 0 saturated carbocycles. The molecular formula is C11H17N3O. The first-order chi connectivity index (χ1) is 7.03. The van der Waals surface area contributed by atoms with Crippen molar-refractivity contribution in [2.24, 2.45) is 11.1 Å². The van der Waals surface area contributed by atoms with Gasteiger partial charge in [0.15, 0.2) is 5.78 Å². The summed E-state index contributed by atoms with van der Waals surface area (Å²) in [5.74, 6) is 0.207. The third kappa shape index (κ3) is 1.81. The lowest BCUT2D eigenvalue weighted by Gasteiger charge is -2.27. The zero-order chi connectivity index (χ0) is 11.1. The van der Waals surface area contributed by atoms with Crippen molar-refractivity contribution >= 4 is 5.78 Å². The third-order valence-corrected chi connectivity index (χ3v) is 2.87. The quantitative estimate of drug-likeness (QED) is 0.761. The standard InChI is InChI=1S/C11H17N3O/c1-11(2)5-8-10(9(15)6-11)7(3-4-12)13-14-8/h3-6,12H2,1-2H3,(H,13,14). The number of hydrogen-bond donors (Lipinski definition) is 2. The number of fused-ring (bicyclic) bond motifs is 1. The van der Waals surface area contributed by atoms with Gasteiger partial charge in [-0.3, -0.25) is 9.89 Å². The largest absolute Gasteiger partial charge is 0.330 e. The Hall–Kier alpha value is -1.16. The van der Waals surface area contributed by atoms with Crippen molar-refractivity contribution in [2.75, 3.05) is 6.54 Å². The summed E-state index contributed by atoms with van der Waals surface area (Å²) >= 11 is 0. The molecule has 0 fully saturated rings. The predicted octanol–water partition coefficient (Wildman–Crippen LogP) is 1.07. The van der Waals surface area contributed by atoms with Crippen LogP contribution in [0, 0.1) is 5.41 Å². The number of ketones is 1. The summed E-state index contributed by atoms with van der Waals surface area (Å²) < 4.78 is 0. The number of aromatic nitrogens is 2. The Morgan fingerprint density at radius 3 is 2.87 bits per heavy atom. The van der Waals surface area contributed by atoms with Crippen LogP contribution in [0.1, 0.15) is 42.0 Å². The maximum absolute atomic E-state index is 12.0. The highest BCUT2D eigenvalue weighted by Gasteiger charge is 2.34. The van der Waals surface area contributed by atoms with Gasteiger partial charge in [-0.2, -0.15) is 5.10 Å². The normalized spacial score (nSPS) is 19.0. The molecule has 0 amide bonds. The minimum Gasteiger partial charge on any atom is -0.330 e.